The summed E-state index contributed by atoms with van der Waals surface area (Å²) < 4.78 is 0. The van der Waals surface area contributed by atoms with E-state index in [-0.39, 0.29) is 0 Å². The molecule has 0 radical (unpaired) electrons. The molecule has 0 bridgehead atoms. The van der Waals surface area contributed by atoms with Crippen molar-refractivity contribution < 1.29 is 0 Å². The highest BCUT2D eigenvalue weighted by molar-refractivity contribution is 7.63. The number of rotatable bonds is 1. The van der Waals surface area contributed by atoms with E-state index in [1.54, 1.807) is 0 Å². The van der Waals surface area contributed by atoms with Crippen LogP contribution in [0.5, 0.6) is 0 Å². The summed E-state index contributed by atoms with van der Waals surface area (Å²) >= 11 is 4.73. The van der Waals surface area contributed by atoms with Gasteiger partial charge < -0.3 is 12.6 Å². The van der Waals surface area contributed by atoms with Crippen LogP contribution in [0.1, 0.15) is 13.8 Å². The molecule has 0 heterocycles. The molecule has 0 N–H and O–H groups in total. The van der Waals surface area contributed by atoms with E-state index in [1.807, 2.05) is 26.0 Å². The molecule has 0 fully saturated rings. The first-order valence-electron chi connectivity index (χ1n) is 2.11. The summed E-state index contributed by atoms with van der Waals surface area (Å²) in [6.07, 6.45) is 6.48. The quantitative estimate of drug-likeness (QED) is 0.283. The first-order chi connectivity index (χ1) is 3.27. The van der Waals surface area contributed by atoms with Gasteiger partial charge in [-0.15, -0.1) is 6.92 Å². The van der Waals surface area contributed by atoms with Crippen molar-refractivity contribution >= 4 is 12.6 Å². The molecule has 0 aliphatic heterocycles. The Hall–Kier alpha value is -0.300. The number of allylic oxidation sites excluding steroid dienone is 4. The van der Waals surface area contributed by atoms with Crippen molar-refractivity contribution in [2.24, 2.45) is 0 Å². The molecule has 7 heavy (non-hydrogen) atoms. The standard InChI is InChI=1S/C6H9S/c1-3-4-5-6(2)7/h4-5,7H,1-2H3/q-1/p-1/b6-5-. The van der Waals surface area contributed by atoms with E-state index in [2.05, 4.69) is 6.08 Å². The highest BCUT2D eigenvalue weighted by Crippen LogP contribution is 1.85. The third kappa shape index (κ3) is 5.70. The summed E-state index contributed by atoms with van der Waals surface area (Å²) in [6, 6.07) is 0. The molecule has 40 valence electrons. The minimum Gasteiger partial charge on any atom is -0.803 e. The number of hydrogen-bond acceptors (Lipinski definition) is 1. The molecule has 0 saturated heterocycles. The Balaban J connectivity index is 3.46. The van der Waals surface area contributed by atoms with Crippen molar-refractivity contribution in [1.82, 2.24) is 0 Å². The fourth-order valence-electron chi connectivity index (χ4n) is 0.201. The summed E-state index contributed by atoms with van der Waals surface area (Å²) in [7, 11) is 0. The lowest BCUT2D eigenvalue weighted by Gasteiger charge is -2.05. The van der Waals surface area contributed by atoms with Crippen LogP contribution in [-0.2, 0) is 12.6 Å². The van der Waals surface area contributed by atoms with E-state index in [4.69, 9.17) is 12.6 Å². The minimum atomic E-state index is 0.898. The molecule has 0 aliphatic rings. The normalized spacial score (nSPS) is 13.1. The maximum absolute atomic E-state index is 4.73. The zero-order valence-corrected chi connectivity index (χ0v) is 5.38. The van der Waals surface area contributed by atoms with Gasteiger partial charge in [-0.2, -0.15) is 0 Å². The van der Waals surface area contributed by atoms with Gasteiger partial charge in [0, 0.05) is 0 Å². The largest absolute Gasteiger partial charge is 0.803 e. The smallest absolute Gasteiger partial charge is 0.0808 e. The monoisotopic (exact) mass is 112 g/mol. The Bertz CT molecular complexity index is 86.4. The van der Waals surface area contributed by atoms with Crippen LogP contribution >= 0.6 is 0 Å². The Kier molecular flexibility index (Phi) is 3.71. The lowest BCUT2D eigenvalue weighted by molar-refractivity contribution is 1.61. The second kappa shape index (κ2) is 3.88. The zero-order chi connectivity index (χ0) is 5.70. The van der Waals surface area contributed by atoms with Crippen LogP contribution in [0.2, 0.25) is 0 Å². The fraction of sp³-hybridized carbons (Fsp3) is 0.333. The second-order valence-corrected chi connectivity index (χ2v) is 1.88. The third-order valence-corrected chi connectivity index (χ3v) is 0.621. The van der Waals surface area contributed by atoms with Gasteiger partial charge in [-0.3, -0.25) is 11.0 Å². The van der Waals surface area contributed by atoms with Crippen molar-refractivity contribution in [2.75, 3.05) is 0 Å². The average molecular weight is 112 g/mol. The molecule has 0 aromatic heterocycles. The van der Waals surface area contributed by atoms with Crippen molar-refractivity contribution in [1.29, 1.82) is 0 Å². The van der Waals surface area contributed by atoms with E-state index >= 15 is 0 Å². The van der Waals surface area contributed by atoms with Gasteiger partial charge in [0.05, 0.1) is 0 Å². The van der Waals surface area contributed by atoms with Crippen molar-refractivity contribution in [3.8, 4) is 0 Å². The van der Waals surface area contributed by atoms with Crippen LogP contribution in [0, 0.1) is 6.08 Å². The van der Waals surface area contributed by atoms with Crippen LogP contribution in [-0.4, -0.2) is 0 Å². The topological polar surface area (TPSA) is 0 Å². The van der Waals surface area contributed by atoms with Crippen LogP contribution in [0.3, 0.4) is 0 Å². The van der Waals surface area contributed by atoms with Gasteiger partial charge in [0.25, 0.3) is 0 Å². The summed E-state index contributed by atoms with van der Waals surface area (Å²) in [5, 5.41) is 0. The van der Waals surface area contributed by atoms with Gasteiger partial charge in [-0.25, -0.2) is 12.2 Å². The van der Waals surface area contributed by atoms with Gasteiger partial charge in [-0.05, 0) is 0 Å². The van der Waals surface area contributed by atoms with Crippen molar-refractivity contribution in [3.05, 3.63) is 23.1 Å². The lowest BCUT2D eigenvalue weighted by atomic mass is 10.5. The average Bonchev–Trinajstić information content (AvgIpc) is 1.61. The van der Waals surface area contributed by atoms with E-state index < -0.39 is 0 Å². The van der Waals surface area contributed by atoms with Gasteiger partial charge in [-0.1, -0.05) is 6.92 Å². The summed E-state index contributed by atoms with van der Waals surface area (Å²) in [4.78, 5) is 0.898. The fourth-order valence-corrected chi connectivity index (χ4v) is 0.269. The van der Waals surface area contributed by atoms with Crippen LogP contribution in [0.4, 0.5) is 0 Å². The third-order valence-electron chi connectivity index (χ3n) is 0.485. The van der Waals surface area contributed by atoms with Gasteiger partial charge in [0.2, 0.25) is 0 Å². The van der Waals surface area contributed by atoms with Gasteiger partial charge in [0.1, 0.15) is 0 Å². The molecule has 0 unspecified atom stereocenters. The Morgan fingerprint density at radius 3 is 2.43 bits per heavy atom. The molecule has 0 aromatic carbocycles. The molecule has 0 aromatic rings. The van der Waals surface area contributed by atoms with Crippen molar-refractivity contribution in [2.45, 2.75) is 13.8 Å². The summed E-state index contributed by atoms with van der Waals surface area (Å²) in [5.74, 6) is 0. The molecule has 0 aliphatic carbocycles. The van der Waals surface area contributed by atoms with E-state index in [0.717, 1.165) is 4.91 Å². The maximum atomic E-state index is 4.73. The SMILES string of the molecule is C[C-]=C/C=C(/C)[S-]. The summed E-state index contributed by atoms with van der Waals surface area (Å²) in [5.41, 5.74) is 0. The minimum absolute atomic E-state index is 0.898. The maximum Gasteiger partial charge on any atom is -0.0808 e. The Morgan fingerprint density at radius 1 is 1.71 bits per heavy atom. The molecule has 0 spiro atoms. The molecule has 0 atom stereocenters. The van der Waals surface area contributed by atoms with E-state index in [9.17, 15) is 0 Å². The predicted octanol–water partition coefficient (Wildman–Crippen LogP) is 1.82. The molecule has 0 saturated carbocycles. The molecule has 0 rings (SSSR count). The predicted molar refractivity (Wildman–Crippen MR) is 34.6 cm³/mol. The van der Waals surface area contributed by atoms with Crippen LogP contribution in [0.15, 0.2) is 17.1 Å². The zero-order valence-electron chi connectivity index (χ0n) is 4.56. The van der Waals surface area contributed by atoms with Gasteiger partial charge >= 0.3 is 0 Å². The van der Waals surface area contributed by atoms with E-state index in [0.29, 0.717) is 0 Å². The molecular formula is C6H8S-2. The Labute approximate surface area is 50.3 Å². The van der Waals surface area contributed by atoms with Crippen molar-refractivity contribution in [3.63, 3.8) is 0 Å². The number of hydrogen-bond donors (Lipinski definition) is 0. The molecular weight excluding hydrogens is 104 g/mol. The molecule has 1 heteroatoms. The Morgan fingerprint density at radius 2 is 2.29 bits per heavy atom. The molecule has 0 nitrogen and oxygen atoms in total. The molecule has 0 amide bonds. The second-order valence-electron chi connectivity index (χ2n) is 1.23. The first kappa shape index (κ1) is 6.70. The van der Waals surface area contributed by atoms with Gasteiger partial charge in [0.15, 0.2) is 0 Å². The van der Waals surface area contributed by atoms with Crippen LogP contribution in [0.25, 0.3) is 0 Å². The van der Waals surface area contributed by atoms with Crippen LogP contribution < -0.4 is 0 Å². The first-order valence-corrected chi connectivity index (χ1v) is 2.52. The van der Waals surface area contributed by atoms with E-state index in [1.165, 1.54) is 0 Å². The lowest BCUT2D eigenvalue weighted by Crippen LogP contribution is -1.58. The highest BCUT2D eigenvalue weighted by atomic mass is 32.1. The summed E-state index contributed by atoms with van der Waals surface area (Å²) in [6.45, 7) is 3.72. The highest BCUT2D eigenvalue weighted by Gasteiger charge is 1.43.